The number of methoxy groups -OCH3 is 1. The molecule has 33 heavy (non-hydrogen) atoms. The van der Waals surface area contributed by atoms with Crippen LogP contribution in [0.1, 0.15) is 15.9 Å². The van der Waals surface area contributed by atoms with Crippen molar-refractivity contribution in [2.24, 2.45) is 0 Å². The topological polar surface area (TPSA) is 69.0 Å². The molecule has 10 heteroatoms. The number of amides is 1. The second kappa shape index (κ2) is 8.73. The highest BCUT2D eigenvalue weighted by Gasteiger charge is 2.30. The molecule has 0 spiro atoms. The number of hydrogen-bond donors (Lipinski definition) is 1. The molecule has 4 aromatic rings. The van der Waals surface area contributed by atoms with Crippen LogP contribution in [0.3, 0.4) is 0 Å². The standard InChI is InChI=1S/C23H16F4N4O2/c1-33-22-29-20(18-4-2-3-5-19(18)24)31(30-22)17-12-10-16(11-13-17)28-21(32)14-6-8-15(9-7-14)23(25,26)27/h2-13H,1H3,(H,28,32). The largest absolute Gasteiger partial charge is 0.466 e. The zero-order chi connectivity index (χ0) is 23.6. The molecule has 0 fully saturated rings. The summed E-state index contributed by atoms with van der Waals surface area (Å²) in [7, 11) is 1.39. The highest BCUT2D eigenvalue weighted by atomic mass is 19.4. The molecule has 168 valence electrons. The third-order valence-electron chi connectivity index (χ3n) is 4.73. The number of anilines is 1. The van der Waals surface area contributed by atoms with Crippen LogP contribution in [-0.2, 0) is 6.18 Å². The number of ether oxygens (including phenoxy) is 1. The summed E-state index contributed by atoms with van der Waals surface area (Å²) in [6.45, 7) is 0. The number of alkyl halides is 3. The average Bonchev–Trinajstić information content (AvgIpc) is 3.24. The number of carbonyl (C=O) groups excluding carboxylic acids is 1. The maximum absolute atomic E-state index is 14.3. The normalized spacial score (nSPS) is 11.3. The van der Waals surface area contributed by atoms with Crippen LogP contribution in [0.5, 0.6) is 6.01 Å². The van der Waals surface area contributed by atoms with Gasteiger partial charge in [0.05, 0.1) is 23.9 Å². The lowest BCUT2D eigenvalue weighted by Gasteiger charge is -2.10. The van der Waals surface area contributed by atoms with E-state index >= 15 is 0 Å². The lowest BCUT2D eigenvalue weighted by Crippen LogP contribution is -2.13. The maximum Gasteiger partial charge on any atom is 0.416 e. The first kappa shape index (κ1) is 22.0. The van der Waals surface area contributed by atoms with E-state index in [-0.39, 0.29) is 23.0 Å². The highest BCUT2D eigenvalue weighted by Crippen LogP contribution is 2.29. The second-order valence-corrected chi connectivity index (χ2v) is 6.89. The Labute approximate surface area is 185 Å². The van der Waals surface area contributed by atoms with Gasteiger partial charge in [-0.15, -0.1) is 5.10 Å². The summed E-state index contributed by atoms with van der Waals surface area (Å²) in [5, 5.41) is 6.84. The maximum atomic E-state index is 14.3. The molecule has 0 saturated heterocycles. The van der Waals surface area contributed by atoms with Gasteiger partial charge < -0.3 is 10.1 Å². The van der Waals surface area contributed by atoms with Gasteiger partial charge in [-0.25, -0.2) is 9.07 Å². The van der Waals surface area contributed by atoms with Crippen molar-refractivity contribution in [3.63, 3.8) is 0 Å². The third-order valence-corrected chi connectivity index (χ3v) is 4.73. The van der Waals surface area contributed by atoms with Crippen LogP contribution < -0.4 is 10.1 Å². The van der Waals surface area contributed by atoms with Crippen LogP contribution in [0.25, 0.3) is 17.1 Å². The van der Waals surface area contributed by atoms with Gasteiger partial charge in [0.15, 0.2) is 5.82 Å². The molecule has 1 aromatic heterocycles. The van der Waals surface area contributed by atoms with E-state index in [9.17, 15) is 22.4 Å². The Balaban J connectivity index is 1.56. The number of halogens is 4. The van der Waals surface area contributed by atoms with E-state index in [4.69, 9.17) is 4.74 Å². The molecule has 0 aliphatic carbocycles. The molecule has 0 saturated carbocycles. The molecule has 4 rings (SSSR count). The molecule has 0 atom stereocenters. The van der Waals surface area contributed by atoms with E-state index < -0.39 is 23.5 Å². The second-order valence-electron chi connectivity index (χ2n) is 6.89. The van der Waals surface area contributed by atoms with Crippen molar-refractivity contribution in [1.29, 1.82) is 0 Å². The monoisotopic (exact) mass is 456 g/mol. The Hall–Kier alpha value is -4.21. The van der Waals surface area contributed by atoms with E-state index in [0.717, 1.165) is 24.3 Å². The van der Waals surface area contributed by atoms with E-state index in [1.807, 2.05) is 0 Å². The van der Waals surface area contributed by atoms with E-state index in [1.54, 1.807) is 42.5 Å². The number of nitrogens with one attached hydrogen (secondary N) is 1. The molecule has 6 nitrogen and oxygen atoms in total. The molecule has 3 aromatic carbocycles. The summed E-state index contributed by atoms with van der Waals surface area (Å²) in [6, 6.07) is 16.5. The summed E-state index contributed by atoms with van der Waals surface area (Å²) in [4.78, 5) is 16.6. The van der Waals surface area contributed by atoms with Gasteiger partial charge in [0, 0.05) is 11.3 Å². The summed E-state index contributed by atoms with van der Waals surface area (Å²) >= 11 is 0. The van der Waals surface area contributed by atoms with E-state index in [1.165, 1.54) is 17.9 Å². The fourth-order valence-corrected chi connectivity index (χ4v) is 3.08. The summed E-state index contributed by atoms with van der Waals surface area (Å²) in [5.41, 5.74) is 0.403. The van der Waals surface area contributed by atoms with Gasteiger partial charge in [-0.05, 0) is 60.7 Å². The fourth-order valence-electron chi connectivity index (χ4n) is 3.08. The van der Waals surface area contributed by atoms with Gasteiger partial charge in [0.25, 0.3) is 5.91 Å². The van der Waals surface area contributed by atoms with Gasteiger partial charge in [0.2, 0.25) is 0 Å². The summed E-state index contributed by atoms with van der Waals surface area (Å²) < 4.78 is 58.9. The van der Waals surface area contributed by atoms with E-state index in [2.05, 4.69) is 15.4 Å². The van der Waals surface area contributed by atoms with Crippen molar-refractivity contribution in [1.82, 2.24) is 14.8 Å². The third kappa shape index (κ3) is 4.69. The Morgan fingerprint density at radius 2 is 1.64 bits per heavy atom. The Morgan fingerprint density at radius 3 is 2.24 bits per heavy atom. The molecular weight excluding hydrogens is 440 g/mol. The molecule has 0 unspecified atom stereocenters. The molecule has 0 aliphatic heterocycles. The van der Waals surface area contributed by atoms with Crippen molar-refractivity contribution >= 4 is 11.6 Å². The van der Waals surface area contributed by atoms with Crippen molar-refractivity contribution in [3.05, 3.63) is 89.7 Å². The Kier molecular flexibility index (Phi) is 5.82. The van der Waals surface area contributed by atoms with Crippen molar-refractivity contribution < 1.29 is 27.1 Å². The van der Waals surface area contributed by atoms with Crippen molar-refractivity contribution in [3.8, 4) is 23.1 Å². The first-order valence-corrected chi connectivity index (χ1v) is 9.61. The number of rotatable bonds is 5. The smallest absolute Gasteiger partial charge is 0.416 e. The molecule has 1 amide bonds. The Morgan fingerprint density at radius 1 is 0.970 bits per heavy atom. The van der Waals surface area contributed by atoms with Crippen LogP contribution in [0.15, 0.2) is 72.8 Å². The first-order valence-electron chi connectivity index (χ1n) is 9.61. The quantitative estimate of drug-likeness (QED) is 0.411. The highest BCUT2D eigenvalue weighted by molar-refractivity contribution is 6.04. The summed E-state index contributed by atoms with van der Waals surface area (Å²) in [6.07, 6.45) is -4.48. The first-order chi connectivity index (χ1) is 15.8. The van der Waals surface area contributed by atoms with Gasteiger partial charge in [-0.3, -0.25) is 4.79 Å². The van der Waals surface area contributed by atoms with E-state index in [0.29, 0.717) is 11.4 Å². The van der Waals surface area contributed by atoms with Crippen molar-refractivity contribution in [2.75, 3.05) is 12.4 Å². The minimum atomic E-state index is -4.48. The van der Waals surface area contributed by atoms with Gasteiger partial charge in [-0.2, -0.15) is 18.2 Å². The number of hydrogen-bond acceptors (Lipinski definition) is 4. The van der Waals surface area contributed by atoms with Crippen molar-refractivity contribution in [2.45, 2.75) is 6.18 Å². The number of benzene rings is 3. The van der Waals surface area contributed by atoms with Crippen LogP contribution in [0, 0.1) is 5.82 Å². The number of aromatic nitrogens is 3. The molecular formula is C23H16F4N4O2. The molecule has 0 bridgehead atoms. The molecule has 1 N–H and O–H groups in total. The van der Waals surface area contributed by atoms with Crippen LogP contribution in [0.2, 0.25) is 0 Å². The summed E-state index contributed by atoms with van der Waals surface area (Å²) in [5.74, 6) is -0.813. The van der Waals surface area contributed by atoms with Crippen LogP contribution >= 0.6 is 0 Å². The minimum absolute atomic E-state index is 0.0490. The van der Waals surface area contributed by atoms with Gasteiger partial charge >= 0.3 is 12.2 Å². The lowest BCUT2D eigenvalue weighted by atomic mass is 10.1. The SMILES string of the molecule is COc1nc(-c2ccccc2F)n(-c2ccc(NC(=O)c3ccc(C(F)(F)F)cc3)cc2)n1. The van der Waals surface area contributed by atoms with Gasteiger partial charge in [0.1, 0.15) is 5.82 Å². The number of nitrogens with zero attached hydrogens (tertiary/aromatic N) is 3. The predicted molar refractivity (Wildman–Crippen MR) is 113 cm³/mol. The fraction of sp³-hybridized carbons (Fsp3) is 0.0870. The minimum Gasteiger partial charge on any atom is -0.466 e. The lowest BCUT2D eigenvalue weighted by molar-refractivity contribution is -0.137. The van der Waals surface area contributed by atoms with Gasteiger partial charge in [-0.1, -0.05) is 12.1 Å². The van der Waals surface area contributed by atoms with Crippen LogP contribution in [-0.4, -0.2) is 27.8 Å². The molecule has 0 radical (unpaired) electrons. The van der Waals surface area contributed by atoms with Crippen LogP contribution in [0.4, 0.5) is 23.2 Å². The zero-order valence-corrected chi connectivity index (χ0v) is 17.1. The zero-order valence-electron chi connectivity index (χ0n) is 17.1. The predicted octanol–water partition coefficient (Wildman–Crippen LogP) is 5.35. The average molecular weight is 456 g/mol. The molecule has 0 aliphatic rings. The number of carbonyl (C=O) groups is 1. The molecule has 1 heterocycles. The Bertz CT molecular complexity index is 1280.